The summed E-state index contributed by atoms with van der Waals surface area (Å²) in [6, 6.07) is 5.69. The second-order valence-corrected chi connectivity index (χ2v) is 5.87. The van der Waals surface area contributed by atoms with Gasteiger partial charge in [-0.15, -0.1) is 0 Å². The molecule has 1 atom stereocenters. The number of hydrogen-bond acceptors (Lipinski definition) is 5. The first kappa shape index (κ1) is 18.3. The summed E-state index contributed by atoms with van der Waals surface area (Å²) in [6.45, 7) is 1.99. The molecule has 0 bridgehead atoms. The van der Waals surface area contributed by atoms with E-state index < -0.39 is 0 Å². The predicted molar refractivity (Wildman–Crippen MR) is 101 cm³/mol. The van der Waals surface area contributed by atoms with Gasteiger partial charge < -0.3 is 18.9 Å². The molecule has 0 amide bonds. The van der Waals surface area contributed by atoms with Crippen LogP contribution in [0.1, 0.15) is 24.2 Å². The van der Waals surface area contributed by atoms with E-state index in [0.717, 1.165) is 28.5 Å². The molecule has 2 rings (SSSR count). The van der Waals surface area contributed by atoms with E-state index >= 15 is 0 Å². The molecule has 0 aliphatic heterocycles. The normalized spacial score (nSPS) is 12.4. The van der Waals surface area contributed by atoms with Gasteiger partial charge in [-0.1, -0.05) is 12.2 Å². The fourth-order valence-electron chi connectivity index (χ4n) is 2.82. The second kappa shape index (κ2) is 8.20. The molecular formula is C19H24O4S. The van der Waals surface area contributed by atoms with Crippen molar-refractivity contribution in [2.24, 2.45) is 0 Å². The second-order valence-electron chi connectivity index (χ2n) is 5.24. The van der Waals surface area contributed by atoms with Crippen molar-refractivity contribution >= 4 is 23.4 Å². The fraction of sp³-hybridized carbons (Fsp3) is 0.368. The van der Waals surface area contributed by atoms with Gasteiger partial charge in [0.05, 0.1) is 39.2 Å². The zero-order valence-electron chi connectivity index (χ0n) is 14.8. The van der Waals surface area contributed by atoms with Crippen LogP contribution >= 0.6 is 12.6 Å². The summed E-state index contributed by atoms with van der Waals surface area (Å²) in [4.78, 5) is 0. The Morgan fingerprint density at radius 1 is 0.917 bits per heavy atom. The summed E-state index contributed by atoms with van der Waals surface area (Å²) in [5.41, 5.74) is 0.954. The van der Waals surface area contributed by atoms with E-state index in [-0.39, 0.29) is 5.25 Å². The predicted octanol–water partition coefficient (Wildman–Crippen LogP) is 4.81. The monoisotopic (exact) mass is 348 g/mol. The summed E-state index contributed by atoms with van der Waals surface area (Å²) in [7, 11) is 6.57. The summed E-state index contributed by atoms with van der Waals surface area (Å²) in [5.74, 6) is 2.84. The molecule has 0 radical (unpaired) electrons. The molecule has 0 spiro atoms. The lowest BCUT2D eigenvalue weighted by Gasteiger charge is -2.21. The molecule has 0 saturated carbocycles. The highest BCUT2D eigenvalue weighted by Crippen LogP contribution is 2.49. The van der Waals surface area contributed by atoms with Crippen LogP contribution in [0.2, 0.25) is 0 Å². The molecule has 0 N–H and O–H groups in total. The summed E-state index contributed by atoms with van der Waals surface area (Å²) in [5, 5.41) is 1.63. The van der Waals surface area contributed by atoms with Crippen molar-refractivity contribution in [2.45, 2.75) is 18.6 Å². The molecule has 0 aromatic heterocycles. The van der Waals surface area contributed by atoms with Crippen LogP contribution in [-0.2, 0) is 0 Å². The zero-order valence-corrected chi connectivity index (χ0v) is 15.6. The molecule has 0 aliphatic carbocycles. The number of thiol groups is 1. The van der Waals surface area contributed by atoms with Crippen molar-refractivity contribution in [3.63, 3.8) is 0 Å². The molecule has 24 heavy (non-hydrogen) atoms. The van der Waals surface area contributed by atoms with Crippen LogP contribution in [0.4, 0.5) is 0 Å². The van der Waals surface area contributed by atoms with Gasteiger partial charge in [-0.05, 0) is 31.5 Å². The molecule has 2 aromatic rings. The maximum absolute atomic E-state index is 5.74. The lowest BCUT2D eigenvalue weighted by atomic mass is 9.98. The van der Waals surface area contributed by atoms with Crippen LogP contribution < -0.4 is 18.9 Å². The van der Waals surface area contributed by atoms with Crippen molar-refractivity contribution in [2.75, 3.05) is 28.4 Å². The highest BCUT2D eigenvalue weighted by atomic mass is 32.1. The Hall–Kier alpha value is -2.01. The number of fused-ring (bicyclic) bond motifs is 1. The number of benzene rings is 2. The summed E-state index contributed by atoms with van der Waals surface area (Å²) >= 11 is 4.74. The average Bonchev–Trinajstić information content (AvgIpc) is 2.63. The Morgan fingerprint density at radius 2 is 1.50 bits per heavy atom. The number of methoxy groups -OCH3 is 4. The lowest BCUT2D eigenvalue weighted by Crippen LogP contribution is -2.01. The molecule has 4 nitrogen and oxygen atoms in total. The fourth-order valence-corrected chi connectivity index (χ4v) is 3.13. The van der Waals surface area contributed by atoms with Gasteiger partial charge in [0.15, 0.2) is 0 Å². The minimum atomic E-state index is -0.0228. The number of allylic oxidation sites excluding steroid dienone is 2. The standard InChI is InChI=1S/C19H24O4S/c1-6-7-8-16(24)12-11-15(22-4)17-13(20-2)9-10-14(21-3)18(17)19(12)23-5/h6-7,9-11,16,24H,8H2,1-5H3. The molecule has 2 aromatic carbocycles. The van der Waals surface area contributed by atoms with Gasteiger partial charge in [-0.3, -0.25) is 0 Å². The molecule has 0 fully saturated rings. The highest BCUT2D eigenvalue weighted by Gasteiger charge is 2.23. The Morgan fingerprint density at radius 3 is 2.00 bits per heavy atom. The smallest absolute Gasteiger partial charge is 0.135 e. The zero-order chi connectivity index (χ0) is 17.7. The summed E-state index contributed by atoms with van der Waals surface area (Å²) in [6.07, 6.45) is 4.88. The first-order valence-corrected chi connectivity index (χ1v) is 8.23. The minimum absolute atomic E-state index is 0.0228. The first-order chi connectivity index (χ1) is 11.6. The third-order valence-corrected chi connectivity index (χ3v) is 4.46. The van der Waals surface area contributed by atoms with E-state index in [9.17, 15) is 0 Å². The van der Waals surface area contributed by atoms with Crippen molar-refractivity contribution in [3.05, 3.63) is 35.9 Å². The molecule has 0 aliphatic rings. The van der Waals surface area contributed by atoms with Crippen LogP contribution in [0.3, 0.4) is 0 Å². The summed E-state index contributed by atoms with van der Waals surface area (Å²) < 4.78 is 22.4. The molecular weight excluding hydrogens is 324 g/mol. The van der Waals surface area contributed by atoms with E-state index in [1.807, 2.05) is 31.2 Å². The van der Waals surface area contributed by atoms with Crippen LogP contribution in [-0.4, -0.2) is 28.4 Å². The van der Waals surface area contributed by atoms with Gasteiger partial charge >= 0.3 is 0 Å². The van der Waals surface area contributed by atoms with Gasteiger partial charge in [0.2, 0.25) is 0 Å². The Labute approximate surface area is 148 Å². The van der Waals surface area contributed by atoms with Gasteiger partial charge in [0, 0.05) is 10.8 Å². The van der Waals surface area contributed by atoms with E-state index in [1.54, 1.807) is 28.4 Å². The first-order valence-electron chi connectivity index (χ1n) is 7.71. The minimum Gasteiger partial charge on any atom is -0.496 e. The van der Waals surface area contributed by atoms with Gasteiger partial charge in [-0.2, -0.15) is 12.6 Å². The Balaban J connectivity index is 2.87. The van der Waals surface area contributed by atoms with E-state index in [4.69, 9.17) is 31.6 Å². The van der Waals surface area contributed by atoms with Gasteiger partial charge in [0.1, 0.15) is 23.0 Å². The third kappa shape index (κ3) is 3.26. The van der Waals surface area contributed by atoms with Crippen LogP contribution in [0.5, 0.6) is 23.0 Å². The van der Waals surface area contributed by atoms with E-state index in [0.29, 0.717) is 17.2 Å². The van der Waals surface area contributed by atoms with Crippen molar-refractivity contribution < 1.29 is 18.9 Å². The van der Waals surface area contributed by atoms with E-state index in [2.05, 4.69) is 6.08 Å². The van der Waals surface area contributed by atoms with E-state index in [1.165, 1.54) is 0 Å². The maximum atomic E-state index is 5.74. The van der Waals surface area contributed by atoms with Crippen molar-refractivity contribution in [1.29, 1.82) is 0 Å². The Bertz CT molecular complexity index is 740. The van der Waals surface area contributed by atoms with Gasteiger partial charge in [-0.25, -0.2) is 0 Å². The molecule has 5 heteroatoms. The SMILES string of the molecule is CC=CCC(S)c1cc(OC)c2c(OC)ccc(OC)c2c1OC. The molecule has 1 unspecified atom stereocenters. The topological polar surface area (TPSA) is 36.9 Å². The number of ether oxygens (including phenoxy) is 4. The number of hydrogen-bond donors (Lipinski definition) is 1. The van der Waals surface area contributed by atoms with Crippen LogP contribution in [0.15, 0.2) is 30.4 Å². The molecule has 130 valence electrons. The highest BCUT2D eigenvalue weighted by molar-refractivity contribution is 7.80. The Kier molecular flexibility index (Phi) is 6.26. The van der Waals surface area contributed by atoms with Crippen molar-refractivity contribution in [1.82, 2.24) is 0 Å². The lowest BCUT2D eigenvalue weighted by molar-refractivity contribution is 0.389. The maximum Gasteiger partial charge on any atom is 0.135 e. The van der Waals surface area contributed by atoms with Crippen molar-refractivity contribution in [3.8, 4) is 23.0 Å². The van der Waals surface area contributed by atoms with Crippen LogP contribution in [0, 0.1) is 0 Å². The number of rotatable bonds is 7. The van der Waals surface area contributed by atoms with Gasteiger partial charge in [0.25, 0.3) is 0 Å². The third-order valence-electron chi connectivity index (χ3n) is 3.97. The average molecular weight is 348 g/mol. The van der Waals surface area contributed by atoms with Crippen LogP contribution in [0.25, 0.3) is 10.8 Å². The molecule has 0 heterocycles. The quantitative estimate of drug-likeness (QED) is 0.575. The molecule has 0 saturated heterocycles. The largest absolute Gasteiger partial charge is 0.496 e.